The maximum absolute atomic E-state index is 6.58. The molecule has 0 atom stereocenters. The standard InChI is InChI=1S/C124H146N8O4/c1-5-9-13-17-21-25-29-33-37-47-87-133-97-63-55-93(56-64-97)119-105-75-71-101(125-105)117(91-51-43-41-44-52-91)102-72-76-106(126-102)120(94-57-65-98(66-58-94)134-88-48-38-34-30-26-22-18-14-10-6-2)110-80-84-114(130-110)123(113-83-79-109(119)129-113)124-115-85-81-111(131-115)121(95-59-67-99(68-60-95)135-89-49-39-35-31-27-23-19-15-11-7-3)107-77-73-103(127-107)118(92-53-45-42-46-54-92)104-74-78-108(128-104)122(112-82-86-116(124)132-112)96-61-69-100(70-62-96)136-90-50-40-36-32-28-24-20-16-12-8-4/h41-46,51-86,125,127,130,132H,5-40,47-50,87-90H2,1-4H3. The molecule has 12 heteroatoms. The highest BCUT2D eigenvalue weighted by molar-refractivity contribution is 6.06. The Balaban J connectivity index is 0.874. The third kappa shape index (κ3) is 26.3. The number of ether oxygens (including phenoxy) is 4. The predicted octanol–water partition coefficient (Wildman–Crippen LogP) is 36.5. The summed E-state index contributed by atoms with van der Waals surface area (Å²) >= 11 is 0. The first-order chi connectivity index (χ1) is 67.4. The molecule has 6 aromatic carbocycles. The van der Waals surface area contributed by atoms with Crippen LogP contribution in [0, 0.1) is 0 Å². The van der Waals surface area contributed by atoms with E-state index < -0.39 is 0 Å². The lowest BCUT2D eigenvalue weighted by atomic mass is 10.0. The van der Waals surface area contributed by atoms with E-state index in [4.69, 9.17) is 38.9 Å². The Morgan fingerprint density at radius 1 is 0.162 bits per heavy atom. The first kappa shape index (κ1) is 96.8. The molecule has 12 aromatic rings. The Morgan fingerprint density at radius 3 is 0.500 bits per heavy atom. The first-order valence-corrected chi connectivity index (χ1v) is 52.7. The molecule has 0 saturated carbocycles. The zero-order valence-corrected chi connectivity index (χ0v) is 81.8. The first-order valence-electron chi connectivity index (χ1n) is 52.7. The lowest BCUT2D eigenvalue weighted by molar-refractivity contribution is 0.304. The molecule has 6 aromatic heterocycles. The Labute approximate surface area is 810 Å². The third-order valence-corrected chi connectivity index (χ3v) is 27.5. The number of unbranched alkanes of at least 4 members (excludes halogenated alkanes) is 36. The van der Waals surface area contributed by atoms with Crippen molar-refractivity contribution < 1.29 is 18.9 Å². The van der Waals surface area contributed by atoms with Gasteiger partial charge in [0, 0.05) is 88.6 Å². The van der Waals surface area contributed by atoms with E-state index in [1.165, 1.54) is 205 Å². The fourth-order valence-corrected chi connectivity index (χ4v) is 20.0. The van der Waals surface area contributed by atoms with Crippen LogP contribution in [0.2, 0.25) is 0 Å². The van der Waals surface area contributed by atoms with Gasteiger partial charge in [0.05, 0.1) is 72.0 Å². The van der Waals surface area contributed by atoms with Gasteiger partial charge in [-0.05, 0) is 205 Å². The normalized spacial score (nSPS) is 12.1. The van der Waals surface area contributed by atoms with Crippen LogP contribution in [0.15, 0.2) is 206 Å². The van der Waals surface area contributed by atoms with E-state index in [9.17, 15) is 0 Å². The van der Waals surface area contributed by atoms with Gasteiger partial charge in [-0.3, -0.25) is 0 Å². The van der Waals surface area contributed by atoms with Crippen LogP contribution >= 0.6 is 0 Å². The number of nitrogens with one attached hydrogen (secondary N) is 4. The summed E-state index contributed by atoms with van der Waals surface area (Å²) in [6.45, 7) is 11.9. The van der Waals surface area contributed by atoms with E-state index in [1.54, 1.807) is 0 Å². The molecule has 0 spiro atoms. The third-order valence-electron chi connectivity index (χ3n) is 27.5. The fourth-order valence-electron chi connectivity index (χ4n) is 20.0. The average molecular weight is 1810 g/mol. The Hall–Kier alpha value is -12.3. The van der Waals surface area contributed by atoms with Gasteiger partial charge >= 0.3 is 0 Å². The van der Waals surface area contributed by atoms with Crippen LogP contribution < -0.4 is 18.9 Å². The van der Waals surface area contributed by atoms with E-state index in [0.717, 1.165) is 242 Å². The minimum Gasteiger partial charge on any atom is -0.494 e. The van der Waals surface area contributed by atoms with E-state index in [-0.39, 0.29) is 0 Å². The topological polar surface area (TPSA) is 152 Å². The van der Waals surface area contributed by atoms with Crippen LogP contribution in [0.3, 0.4) is 0 Å². The molecule has 16 rings (SSSR count). The minimum absolute atomic E-state index is 0.672. The van der Waals surface area contributed by atoms with Crippen molar-refractivity contribution >= 4 is 92.7 Å². The quantitative estimate of drug-likeness (QED) is 0.0275. The van der Waals surface area contributed by atoms with Crippen LogP contribution in [0.1, 0.15) is 330 Å². The van der Waals surface area contributed by atoms with Crippen molar-refractivity contribution in [1.82, 2.24) is 39.9 Å². The van der Waals surface area contributed by atoms with Crippen LogP contribution in [-0.2, 0) is 0 Å². The number of H-pyrrole nitrogens is 4. The van der Waals surface area contributed by atoms with Crippen LogP contribution in [0.4, 0.5) is 0 Å². The molecule has 136 heavy (non-hydrogen) atoms. The second kappa shape index (κ2) is 51.6. The van der Waals surface area contributed by atoms with E-state index in [2.05, 4.69) is 302 Å². The summed E-state index contributed by atoms with van der Waals surface area (Å²) in [5.74, 6) is 3.39. The van der Waals surface area contributed by atoms with E-state index in [0.29, 0.717) is 26.4 Å². The van der Waals surface area contributed by atoms with Gasteiger partial charge in [0.2, 0.25) is 0 Å². The molecule has 706 valence electrons. The molecule has 4 aliphatic heterocycles. The lowest BCUT2D eigenvalue weighted by Gasteiger charge is -2.10. The predicted molar refractivity (Wildman–Crippen MR) is 579 cm³/mol. The lowest BCUT2D eigenvalue weighted by Crippen LogP contribution is -1.97. The second-order valence-electron chi connectivity index (χ2n) is 38.0. The molecule has 4 aliphatic rings. The summed E-state index contributed by atoms with van der Waals surface area (Å²) in [6.07, 6.45) is 68.4. The van der Waals surface area contributed by atoms with E-state index in [1.807, 2.05) is 0 Å². The number of hydrogen-bond donors (Lipinski definition) is 4. The monoisotopic (exact) mass is 1810 g/mol. The minimum atomic E-state index is 0.672. The van der Waals surface area contributed by atoms with Gasteiger partial charge in [-0.25, -0.2) is 19.9 Å². The summed E-state index contributed by atoms with van der Waals surface area (Å²) in [5.41, 5.74) is 27.0. The number of rotatable bonds is 55. The molecule has 0 aliphatic carbocycles. The smallest absolute Gasteiger partial charge is 0.119 e. The summed E-state index contributed by atoms with van der Waals surface area (Å²) < 4.78 is 26.3. The van der Waals surface area contributed by atoms with Gasteiger partial charge in [0.1, 0.15) is 23.0 Å². The molecule has 0 radical (unpaired) electrons. The SMILES string of the molecule is CCCCCCCCCCCCOc1ccc(-c2c3nc(c(-c4c5nc(c(-c6ccc(OCCCCCCCCCCCC)cc6)c6ccc([nH]6)c(-c6ccccc6)c6nc(c(-c7ccc(OCCCCCCCCCCCC)cc7)c7ccc4[nH]7)C=C6)C=C5)c4ccc([nH]4)c(-c4ccc(OCCCCCCCCCCCC)cc4)c4nc(c(-c5ccccc5)c5ccc2[nH]5)C=C4)C=C3)cc1. The van der Waals surface area contributed by atoms with Crippen molar-refractivity contribution in [3.63, 3.8) is 0 Å². The molecule has 12 nitrogen and oxygen atoms in total. The molecular formula is C124H146N8O4. The van der Waals surface area contributed by atoms with Gasteiger partial charge in [-0.15, -0.1) is 0 Å². The molecule has 0 fully saturated rings. The molecule has 0 unspecified atom stereocenters. The maximum Gasteiger partial charge on any atom is 0.119 e. The molecular weight excluding hydrogens is 1670 g/mol. The van der Waals surface area contributed by atoms with Gasteiger partial charge in [-0.1, -0.05) is 368 Å². The van der Waals surface area contributed by atoms with Crippen molar-refractivity contribution in [2.75, 3.05) is 26.4 Å². The van der Waals surface area contributed by atoms with Crippen molar-refractivity contribution in [3.05, 3.63) is 252 Å². The van der Waals surface area contributed by atoms with E-state index >= 15 is 0 Å². The van der Waals surface area contributed by atoms with Crippen molar-refractivity contribution in [2.45, 2.75) is 285 Å². The van der Waals surface area contributed by atoms with Gasteiger partial charge in [0.15, 0.2) is 0 Å². The number of fused-ring (bicyclic) bond motifs is 16. The van der Waals surface area contributed by atoms with Crippen molar-refractivity contribution in [1.29, 1.82) is 0 Å². The van der Waals surface area contributed by atoms with Crippen molar-refractivity contribution in [2.24, 2.45) is 0 Å². The second-order valence-corrected chi connectivity index (χ2v) is 38.0. The summed E-state index contributed by atoms with van der Waals surface area (Å²) in [7, 11) is 0. The number of aromatic nitrogens is 8. The molecule has 16 bridgehead atoms. The summed E-state index contributed by atoms with van der Waals surface area (Å²) in [5, 5.41) is 0. The largest absolute Gasteiger partial charge is 0.494 e. The molecule has 4 N–H and O–H groups in total. The maximum atomic E-state index is 6.58. The highest BCUT2D eigenvalue weighted by Gasteiger charge is 2.26. The zero-order chi connectivity index (χ0) is 92.9. The van der Waals surface area contributed by atoms with Crippen LogP contribution in [0.5, 0.6) is 23.0 Å². The zero-order valence-electron chi connectivity index (χ0n) is 81.8. The molecule has 0 saturated heterocycles. The highest BCUT2D eigenvalue weighted by atomic mass is 16.5. The average Bonchev–Trinajstić information content (AvgIpc) is 1.59. The number of nitrogens with zero attached hydrogens (tertiary/aromatic N) is 4. The molecule has 0 amide bonds. The Bertz CT molecular complexity index is 5770. The van der Waals surface area contributed by atoms with Gasteiger partial charge in [-0.2, -0.15) is 0 Å². The number of benzene rings is 6. The number of hydrogen-bond acceptors (Lipinski definition) is 8. The summed E-state index contributed by atoms with van der Waals surface area (Å²) in [6, 6.07) is 73.8. The summed E-state index contributed by atoms with van der Waals surface area (Å²) in [4.78, 5) is 40.0. The molecule has 10 heterocycles. The van der Waals surface area contributed by atoms with Gasteiger partial charge in [0.25, 0.3) is 0 Å². The fraction of sp³-hybridized carbons (Fsp3) is 0.387. The van der Waals surface area contributed by atoms with Crippen LogP contribution in [0.25, 0.3) is 171 Å². The van der Waals surface area contributed by atoms with Crippen LogP contribution in [-0.4, -0.2) is 66.3 Å². The Kier molecular flexibility index (Phi) is 36.7. The highest BCUT2D eigenvalue weighted by Crippen LogP contribution is 2.45. The Morgan fingerprint density at radius 2 is 0.316 bits per heavy atom. The number of aromatic amines is 4. The van der Waals surface area contributed by atoms with Gasteiger partial charge < -0.3 is 38.9 Å². The van der Waals surface area contributed by atoms with Crippen molar-refractivity contribution in [3.8, 4) is 101 Å².